The lowest BCUT2D eigenvalue weighted by molar-refractivity contribution is -0.384. The van der Waals surface area contributed by atoms with Gasteiger partial charge < -0.3 is 15.3 Å². The topological polar surface area (TPSA) is 145 Å². The Morgan fingerprint density at radius 1 is 0.946 bits per heavy atom. The van der Waals surface area contributed by atoms with Crippen LogP contribution in [-0.2, 0) is 10.0 Å². The normalized spacial score (nSPS) is 24.3. The molecule has 4 fully saturated rings. The molecule has 0 aromatic heterocycles. The highest BCUT2D eigenvalue weighted by Crippen LogP contribution is 2.54. The van der Waals surface area contributed by atoms with Crippen molar-refractivity contribution in [3.8, 4) is 0 Å². The van der Waals surface area contributed by atoms with Gasteiger partial charge in [0.25, 0.3) is 21.6 Å². The molecule has 1 amide bonds. The SMILES string of the molecule is CC(C)c1ccccc1[C@@H]1CCCCN1C1CC2(CCN(c3ccc(C(=O)NS(=O)(=O)c4ccc(NCC5CCC(C)(O)CC5)c([N+](=O)[O-])c4)cc3)CC2)C1.Cl. The van der Waals surface area contributed by atoms with E-state index in [4.69, 9.17) is 0 Å². The van der Waals surface area contributed by atoms with Gasteiger partial charge in [0.15, 0.2) is 0 Å². The number of piperidine rings is 2. The minimum atomic E-state index is -4.38. The van der Waals surface area contributed by atoms with Crippen molar-refractivity contribution < 1.29 is 23.2 Å². The van der Waals surface area contributed by atoms with E-state index >= 15 is 0 Å². The van der Waals surface area contributed by atoms with Crippen molar-refractivity contribution in [2.75, 3.05) is 36.4 Å². The molecule has 2 heterocycles. The molecular weight excluding hydrogens is 750 g/mol. The van der Waals surface area contributed by atoms with Crippen LogP contribution >= 0.6 is 12.4 Å². The third-order valence-corrected chi connectivity index (χ3v) is 14.4. The van der Waals surface area contributed by atoms with E-state index in [1.165, 1.54) is 61.9 Å². The molecule has 1 atom stereocenters. The van der Waals surface area contributed by atoms with Gasteiger partial charge in [0.1, 0.15) is 5.69 Å². The molecule has 304 valence electrons. The summed E-state index contributed by atoms with van der Waals surface area (Å²) in [5, 5.41) is 25.2. The fourth-order valence-electron chi connectivity index (χ4n) is 9.69. The van der Waals surface area contributed by atoms with Crippen LogP contribution in [0.4, 0.5) is 17.1 Å². The van der Waals surface area contributed by atoms with E-state index in [1.807, 2.05) is 19.1 Å². The average molecular weight is 808 g/mol. The van der Waals surface area contributed by atoms with Crippen LogP contribution in [0.25, 0.3) is 0 Å². The molecule has 3 N–H and O–H groups in total. The molecule has 2 saturated carbocycles. The summed E-state index contributed by atoms with van der Waals surface area (Å²) in [6.07, 6.45) is 11.5. The summed E-state index contributed by atoms with van der Waals surface area (Å²) in [4.78, 5) is 29.2. The second-order valence-electron chi connectivity index (χ2n) is 17.3. The van der Waals surface area contributed by atoms with E-state index < -0.39 is 26.5 Å². The first-order valence-corrected chi connectivity index (χ1v) is 21.7. The zero-order valence-corrected chi connectivity index (χ0v) is 34.5. The Labute approximate surface area is 338 Å². The largest absolute Gasteiger partial charge is 0.390 e. The number of halogens is 1. The maximum Gasteiger partial charge on any atom is 0.293 e. The van der Waals surface area contributed by atoms with E-state index in [2.05, 4.69) is 58.0 Å². The molecule has 1 spiro atoms. The number of carbonyl (C=O) groups excluding carboxylic acids is 1. The Bertz CT molecular complexity index is 1960. The smallest absolute Gasteiger partial charge is 0.293 e. The summed E-state index contributed by atoms with van der Waals surface area (Å²) in [6.45, 7) is 9.96. The molecule has 2 saturated heterocycles. The van der Waals surface area contributed by atoms with Crippen LogP contribution in [0, 0.1) is 21.4 Å². The Kier molecular flexibility index (Phi) is 12.7. The molecule has 0 radical (unpaired) electrons. The summed E-state index contributed by atoms with van der Waals surface area (Å²) in [5.74, 6) is -0.0355. The van der Waals surface area contributed by atoms with Gasteiger partial charge in [0.05, 0.1) is 15.4 Å². The first kappa shape index (κ1) is 41.9. The lowest BCUT2D eigenvalue weighted by atomic mass is 9.59. The number of rotatable bonds is 11. The molecule has 56 heavy (non-hydrogen) atoms. The quantitative estimate of drug-likeness (QED) is 0.128. The van der Waals surface area contributed by atoms with Gasteiger partial charge in [0.2, 0.25) is 0 Å². The Balaban J connectivity index is 0.00000532. The van der Waals surface area contributed by atoms with Gasteiger partial charge in [-0.3, -0.25) is 19.8 Å². The van der Waals surface area contributed by atoms with Gasteiger partial charge in [-0.1, -0.05) is 44.5 Å². The fraction of sp³-hybridized carbons (Fsp3) is 0.558. The maximum atomic E-state index is 13.2. The summed E-state index contributed by atoms with van der Waals surface area (Å²) < 4.78 is 28.5. The number of sulfonamides is 1. The Morgan fingerprint density at radius 2 is 1.62 bits per heavy atom. The van der Waals surface area contributed by atoms with Crippen molar-refractivity contribution in [3.05, 3.63) is 93.5 Å². The van der Waals surface area contributed by atoms with Gasteiger partial charge in [0, 0.05) is 49.0 Å². The highest BCUT2D eigenvalue weighted by Gasteiger charge is 2.49. The number of amides is 1. The highest BCUT2D eigenvalue weighted by atomic mass is 35.5. The van der Waals surface area contributed by atoms with E-state index in [9.17, 15) is 28.4 Å². The molecule has 3 aromatic carbocycles. The first-order chi connectivity index (χ1) is 26.2. The molecule has 0 unspecified atom stereocenters. The minimum Gasteiger partial charge on any atom is -0.390 e. The van der Waals surface area contributed by atoms with Crippen LogP contribution in [0.15, 0.2) is 71.6 Å². The molecular formula is C43H58ClN5O6S. The van der Waals surface area contributed by atoms with E-state index in [-0.39, 0.29) is 40.2 Å². The van der Waals surface area contributed by atoms with Gasteiger partial charge in [-0.25, -0.2) is 13.1 Å². The van der Waals surface area contributed by atoms with Crippen molar-refractivity contribution in [3.63, 3.8) is 0 Å². The van der Waals surface area contributed by atoms with E-state index in [1.54, 1.807) is 12.1 Å². The van der Waals surface area contributed by atoms with Gasteiger partial charge in [-0.2, -0.15) is 0 Å². The Morgan fingerprint density at radius 3 is 2.29 bits per heavy atom. The first-order valence-electron chi connectivity index (χ1n) is 20.2. The van der Waals surface area contributed by atoms with Gasteiger partial charge in [-0.05, 0) is 142 Å². The number of nitro groups is 1. The van der Waals surface area contributed by atoms with Crippen molar-refractivity contribution in [2.45, 2.75) is 120 Å². The number of carbonyl (C=O) groups is 1. The second kappa shape index (κ2) is 17.0. The maximum absolute atomic E-state index is 13.2. The monoisotopic (exact) mass is 807 g/mol. The number of nitrogens with zero attached hydrogens (tertiary/aromatic N) is 3. The zero-order chi connectivity index (χ0) is 39.0. The van der Waals surface area contributed by atoms with Crippen LogP contribution in [0.1, 0.15) is 125 Å². The molecule has 2 aliphatic heterocycles. The molecule has 2 aliphatic carbocycles. The van der Waals surface area contributed by atoms with Crippen LogP contribution in [-0.4, -0.2) is 67.1 Å². The van der Waals surface area contributed by atoms with E-state index in [0.717, 1.165) is 50.5 Å². The number of anilines is 2. The minimum absolute atomic E-state index is 0. The number of nitrogens with one attached hydrogen (secondary N) is 2. The number of hydrogen-bond donors (Lipinski definition) is 3. The molecule has 13 heteroatoms. The summed E-state index contributed by atoms with van der Waals surface area (Å²) in [5.41, 5.74) is 3.74. The lowest BCUT2D eigenvalue weighted by Crippen LogP contribution is -2.56. The molecule has 4 aliphatic rings. The number of hydrogen-bond acceptors (Lipinski definition) is 9. The summed E-state index contributed by atoms with van der Waals surface area (Å²) in [7, 11) is -4.38. The lowest BCUT2D eigenvalue weighted by Gasteiger charge is -2.57. The highest BCUT2D eigenvalue weighted by molar-refractivity contribution is 7.90. The summed E-state index contributed by atoms with van der Waals surface area (Å²) >= 11 is 0. The number of nitro benzene ring substituents is 1. The predicted molar refractivity (Wildman–Crippen MR) is 223 cm³/mol. The third-order valence-electron chi connectivity index (χ3n) is 13.1. The second-order valence-corrected chi connectivity index (χ2v) is 19.0. The zero-order valence-electron chi connectivity index (χ0n) is 32.9. The predicted octanol–water partition coefficient (Wildman–Crippen LogP) is 8.59. The van der Waals surface area contributed by atoms with Crippen molar-refractivity contribution in [2.24, 2.45) is 11.3 Å². The van der Waals surface area contributed by atoms with Crippen LogP contribution in [0.2, 0.25) is 0 Å². The fourth-order valence-corrected chi connectivity index (χ4v) is 10.7. The average Bonchev–Trinajstić information content (AvgIpc) is 3.16. The molecule has 3 aromatic rings. The van der Waals surface area contributed by atoms with E-state index in [0.29, 0.717) is 42.8 Å². The standard InChI is InChI=1S/C43H57N5O6S.ClH/c1-30(2)36-8-4-5-9-37(36)39-10-6-7-23-47(39)34-27-43(28-34)21-24-46(25-22-43)33-13-11-32(12-14-33)41(49)45-55(53,54)35-15-16-38(40(26-35)48(51)52)44-29-31-17-19-42(3,50)20-18-31;/h4-5,8-9,11-16,26,30-31,34,39,44,50H,6-7,10,17-25,27-29H2,1-3H3,(H,45,49);1H/t31?,39-,42?;/m0./s1. The summed E-state index contributed by atoms with van der Waals surface area (Å²) in [6, 6.07) is 20.8. The number of aliphatic hydroxyl groups is 1. The van der Waals surface area contributed by atoms with Crippen molar-refractivity contribution in [1.29, 1.82) is 0 Å². The van der Waals surface area contributed by atoms with Crippen LogP contribution in [0.3, 0.4) is 0 Å². The number of benzene rings is 3. The molecule has 7 rings (SSSR count). The van der Waals surface area contributed by atoms with Gasteiger partial charge >= 0.3 is 0 Å². The van der Waals surface area contributed by atoms with Crippen LogP contribution < -0.4 is 14.9 Å². The Hall–Kier alpha value is -3.71. The number of likely N-dealkylation sites (tertiary alicyclic amines) is 1. The van der Waals surface area contributed by atoms with Crippen molar-refractivity contribution in [1.82, 2.24) is 9.62 Å². The molecule has 0 bridgehead atoms. The molecule has 11 nitrogen and oxygen atoms in total. The third kappa shape index (κ3) is 9.19. The van der Waals surface area contributed by atoms with Crippen molar-refractivity contribution >= 4 is 45.4 Å². The van der Waals surface area contributed by atoms with Gasteiger partial charge in [-0.15, -0.1) is 12.4 Å². The van der Waals surface area contributed by atoms with Crippen LogP contribution in [0.5, 0.6) is 0 Å².